The molecule has 0 saturated carbocycles. The molecular weight excluding hydrogens is 250 g/mol. The number of hydrogen-bond donors (Lipinski definition) is 1. The lowest BCUT2D eigenvalue weighted by molar-refractivity contribution is -0.384. The first-order chi connectivity index (χ1) is 9.04. The van der Waals surface area contributed by atoms with Crippen molar-refractivity contribution < 1.29 is 19.6 Å². The first kappa shape index (κ1) is 14.3. The molecule has 0 atom stereocenters. The molecule has 1 aromatic carbocycles. The van der Waals surface area contributed by atoms with E-state index in [0.29, 0.717) is 11.3 Å². The fourth-order valence-electron chi connectivity index (χ4n) is 1.26. The minimum Gasteiger partial charge on any atom is -0.480 e. The summed E-state index contributed by atoms with van der Waals surface area (Å²) < 4.78 is 5.30. The van der Waals surface area contributed by atoms with Crippen molar-refractivity contribution in [2.45, 2.75) is 6.92 Å². The van der Waals surface area contributed by atoms with Crippen LogP contribution in [-0.2, 0) is 4.79 Å². The van der Waals surface area contributed by atoms with Crippen LogP contribution >= 0.6 is 0 Å². The maximum Gasteiger partial charge on any atom is 0.328 e. The summed E-state index contributed by atoms with van der Waals surface area (Å²) in [6.07, 6.45) is 2.13. The highest BCUT2D eigenvalue weighted by Gasteiger charge is 2.10. The fourth-order valence-corrected chi connectivity index (χ4v) is 1.26. The Balaban J connectivity index is 3.09. The average molecular weight is 261 g/mol. The van der Waals surface area contributed by atoms with Gasteiger partial charge in [0, 0.05) is 23.8 Å². The second kappa shape index (κ2) is 6.81. The Morgan fingerprint density at radius 1 is 1.58 bits per heavy atom. The van der Waals surface area contributed by atoms with E-state index in [9.17, 15) is 14.9 Å². The lowest BCUT2D eigenvalue weighted by Crippen LogP contribution is -1.97. The van der Waals surface area contributed by atoms with Crippen LogP contribution in [0.1, 0.15) is 12.5 Å². The average Bonchev–Trinajstić information content (AvgIpc) is 2.37. The van der Waals surface area contributed by atoms with E-state index in [1.165, 1.54) is 24.3 Å². The third kappa shape index (κ3) is 4.52. The molecule has 1 rings (SSSR count). The molecule has 0 bridgehead atoms. The number of aliphatic carboxylic acids is 1. The number of ether oxygens (including phenoxy) is 1. The standard InChI is InChI=1S/C13H11NO5/c1-2-3-8-19-12-6-5-11(14(17)18)9-10(12)4-7-13(15)16/h4-7,9H,8H2,1H3,(H,15,16). The number of carboxylic acid groups (broad SMARTS) is 1. The molecule has 0 aliphatic carbocycles. The summed E-state index contributed by atoms with van der Waals surface area (Å²) in [7, 11) is 0. The number of nitrogens with zero attached hydrogens (tertiary/aromatic N) is 1. The van der Waals surface area contributed by atoms with E-state index < -0.39 is 10.9 Å². The molecule has 0 fully saturated rings. The van der Waals surface area contributed by atoms with Crippen LogP contribution < -0.4 is 4.74 Å². The number of nitro groups is 1. The molecule has 0 unspecified atom stereocenters. The first-order valence-corrected chi connectivity index (χ1v) is 5.26. The van der Waals surface area contributed by atoms with Crippen molar-refractivity contribution in [3.05, 3.63) is 40.0 Å². The lowest BCUT2D eigenvalue weighted by Gasteiger charge is -2.06. The molecule has 98 valence electrons. The number of rotatable bonds is 5. The molecule has 0 aliphatic heterocycles. The molecule has 0 saturated heterocycles. The van der Waals surface area contributed by atoms with Gasteiger partial charge in [-0.2, -0.15) is 0 Å². The number of carbonyl (C=O) groups is 1. The number of non-ortho nitro benzene ring substituents is 1. The van der Waals surface area contributed by atoms with E-state index in [2.05, 4.69) is 11.8 Å². The zero-order valence-electron chi connectivity index (χ0n) is 10.1. The van der Waals surface area contributed by atoms with E-state index in [1.807, 2.05) is 0 Å². The minimum atomic E-state index is -1.15. The van der Waals surface area contributed by atoms with E-state index in [1.54, 1.807) is 6.92 Å². The molecule has 6 heteroatoms. The molecule has 1 N–H and O–H groups in total. The number of hydrogen-bond acceptors (Lipinski definition) is 4. The number of carboxylic acids is 1. The lowest BCUT2D eigenvalue weighted by atomic mass is 10.1. The zero-order chi connectivity index (χ0) is 14.3. The van der Waals surface area contributed by atoms with Crippen molar-refractivity contribution in [2.75, 3.05) is 6.61 Å². The second-order valence-corrected chi connectivity index (χ2v) is 3.37. The van der Waals surface area contributed by atoms with Crippen LogP contribution in [0.15, 0.2) is 24.3 Å². The molecule has 19 heavy (non-hydrogen) atoms. The summed E-state index contributed by atoms with van der Waals surface area (Å²) >= 11 is 0. The molecule has 0 aromatic heterocycles. The maximum absolute atomic E-state index is 10.7. The first-order valence-electron chi connectivity index (χ1n) is 5.26. The smallest absolute Gasteiger partial charge is 0.328 e. The number of nitro benzene ring substituents is 1. The third-order valence-electron chi connectivity index (χ3n) is 2.09. The Morgan fingerprint density at radius 3 is 2.89 bits per heavy atom. The van der Waals surface area contributed by atoms with Crippen molar-refractivity contribution in [1.29, 1.82) is 0 Å². The molecule has 0 heterocycles. The Kier molecular flexibility index (Phi) is 5.11. The van der Waals surface area contributed by atoms with Gasteiger partial charge >= 0.3 is 5.97 Å². The van der Waals surface area contributed by atoms with Gasteiger partial charge < -0.3 is 9.84 Å². The van der Waals surface area contributed by atoms with Gasteiger partial charge in [0.1, 0.15) is 12.4 Å². The van der Waals surface area contributed by atoms with Gasteiger partial charge in [-0.15, -0.1) is 5.92 Å². The zero-order valence-corrected chi connectivity index (χ0v) is 10.1. The summed E-state index contributed by atoms with van der Waals surface area (Å²) in [5.41, 5.74) is 0.175. The summed E-state index contributed by atoms with van der Waals surface area (Å²) in [5, 5.41) is 19.2. The third-order valence-corrected chi connectivity index (χ3v) is 2.09. The highest BCUT2D eigenvalue weighted by Crippen LogP contribution is 2.25. The Bertz CT molecular complexity index is 580. The van der Waals surface area contributed by atoms with E-state index in [0.717, 1.165) is 6.08 Å². The fraction of sp³-hybridized carbons (Fsp3) is 0.154. The van der Waals surface area contributed by atoms with Crippen LogP contribution in [0.4, 0.5) is 5.69 Å². The van der Waals surface area contributed by atoms with Gasteiger partial charge in [0.25, 0.3) is 5.69 Å². The highest BCUT2D eigenvalue weighted by molar-refractivity contribution is 5.86. The van der Waals surface area contributed by atoms with Crippen molar-refractivity contribution in [3.63, 3.8) is 0 Å². The van der Waals surface area contributed by atoms with Crippen molar-refractivity contribution >= 4 is 17.7 Å². The Hall–Kier alpha value is -2.81. The number of benzene rings is 1. The topological polar surface area (TPSA) is 89.7 Å². The van der Waals surface area contributed by atoms with Gasteiger partial charge in [-0.25, -0.2) is 4.79 Å². The van der Waals surface area contributed by atoms with Crippen LogP contribution in [0.5, 0.6) is 5.75 Å². The Morgan fingerprint density at radius 2 is 2.32 bits per heavy atom. The van der Waals surface area contributed by atoms with Gasteiger partial charge in [-0.3, -0.25) is 10.1 Å². The molecule has 0 radical (unpaired) electrons. The maximum atomic E-state index is 10.7. The van der Waals surface area contributed by atoms with Gasteiger partial charge in [0.2, 0.25) is 0 Å². The van der Waals surface area contributed by atoms with E-state index >= 15 is 0 Å². The molecule has 0 spiro atoms. The van der Waals surface area contributed by atoms with Crippen LogP contribution in [-0.4, -0.2) is 22.6 Å². The van der Waals surface area contributed by atoms with Crippen LogP contribution in [0.2, 0.25) is 0 Å². The molecule has 6 nitrogen and oxygen atoms in total. The molecular formula is C13H11NO5. The Labute approximate surface area is 109 Å². The summed E-state index contributed by atoms with van der Waals surface area (Å²) in [5.74, 6) is 4.51. The van der Waals surface area contributed by atoms with Crippen LogP contribution in [0.3, 0.4) is 0 Å². The van der Waals surface area contributed by atoms with Crippen molar-refractivity contribution in [2.24, 2.45) is 0 Å². The largest absolute Gasteiger partial charge is 0.480 e. The van der Waals surface area contributed by atoms with Gasteiger partial charge in [0.05, 0.1) is 4.92 Å². The SMILES string of the molecule is CC#CCOc1ccc([N+](=O)[O-])cc1C=CC(=O)O. The molecule has 0 aliphatic rings. The van der Waals surface area contributed by atoms with E-state index in [4.69, 9.17) is 9.84 Å². The molecule has 1 aromatic rings. The van der Waals surface area contributed by atoms with Crippen LogP contribution in [0, 0.1) is 22.0 Å². The normalized spacial score (nSPS) is 9.74. The quantitative estimate of drug-likeness (QED) is 0.379. The van der Waals surface area contributed by atoms with Gasteiger partial charge in [0.15, 0.2) is 0 Å². The monoisotopic (exact) mass is 261 g/mol. The second-order valence-electron chi connectivity index (χ2n) is 3.37. The van der Waals surface area contributed by atoms with Gasteiger partial charge in [-0.05, 0) is 19.1 Å². The summed E-state index contributed by atoms with van der Waals surface area (Å²) in [6.45, 7) is 1.78. The highest BCUT2D eigenvalue weighted by atomic mass is 16.6. The molecule has 0 amide bonds. The predicted molar refractivity (Wildman–Crippen MR) is 68.7 cm³/mol. The predicted octanol–water partition coefficient (Wildman–Crippen LogP) is 2.09. The summed E-state index contributed by atoms with van der Waals surface area (Å²) in [6, 6.07) is 3.94. The van der Waals surface area contributed by atoms with Crippen LogP contribution in [0.25, 0.3) is 6.08 Å². The summed E-state index contributed by atoms with van der Waals surface area (Å²) in [4.78, 5) is 20.6. The minimum absolute atomic E-state index is 0.127. The van der Waals surface area contributed by atoms with Crippen molar-refractivity contribution in [1.82, 2.24) is 0 Å². The van der Waals surface area contributed by atoms with Crippen molar-refractivity contribution in [3.8, 4) is 17.6 Å². The van der Waals surface area contributed by atoms with Gasteiger partial charge in [-0.1, -0.05) is 5.92 Å². The van der Waals surface area contributed by atoms with E-state index in [-0.39, 0.29) is 12.3 Å².